The molecule has 1 nitrogen and oxygen atoms in total. The van der Waals surface area contributed by atoms with Gasteiger partial charge in [0.05, 0.1) is 0 Å². The molecule has 0 spiro atoms. The van der Waals surface area contributed by atoms with Crippen molar-refractivity contribution in [3.05, 3.63) is 35.9 Å². The fourth-order valence-electron chi connectivity index (χ4n) is 1.81. The summed E-state index contributed by atoms with van der Waals surface area (Å²) in [5, 5.41) is 3.57. The summed E-state index contributed by atoms with van der Waals surface area (Å²) >= 11 is 0. The molecule has 0 fully saturated rings. The number of benzene rings is 1. The molecule has 1 unspecified atom stereocenters. The van der Waals surface area contributed by atoms with Crippen molar-refractivity contribution in [1.29, 1.82) is 0 Å². The van der Waals surface area contributed by atoms with Gasteiger partial charge in [0.1, 0.15) is 0 Å². The molecule has 1 aromatic carbocycles. The summed E-state index contributed by atoms with van der Waals surface area (Å²) in [7, 11) is 0. The van der Waals surface area contributed by atoms with Crippen molar-refractivity contribution in [3.63, 3.8) is 0 Å². The highest BCUT2D eigenvalue weighted by Crippen LogP contribution is 2.20. The molecule has 86 valence electrons. The summed E-state index contributed by atoms with van der Waals surface area (Å²) < 4.78 is 0. The summed E-state index contributed by atoms with van der Waals surface area (Å²) in [6, 6.07) is 11.0. The standard InChI is InChI=1S/C15H21N/c1-4-5-9-12-16-15(13(2)3)14-10-7-6-8-11-14/h6-8,10-11,13,15-16H,9,12H2,1-3H3. The lowest BCUT2D eigenvalue weighted by molar-refractivity contribution is 0.417. The minimum atomic E-state index is 0.430. The van der Waals surface area contributed by atoms with E-state index in [1.807, 2.05) is 6.92 Å². The molecule has 0 aliphatic carbocycles. The van der Waals surface area contributed by atoms with Crippen molar-refractivity contribution in [3.8, 4) is 11.8 Å². The first-order valence-electron chi connectivity index (χ1n) is 5.93. The second-order valence-electron chi connectivity index (χ2n) is 4.26. The predicted molar refractivity (Wildman–Crippen MR) is 70.1 cm³/mol. The fraction of sp³-hybridized carbons (Fsp3) is 0.467. The Morgan fingerprint density at radius 3 is 2.44 bits per heavy atom. The third kappa shape index (κ3) is 4.08. The molecule has 1 atom stereocenters. The van der Waals surface area contributed by atoms with Crippen LogP contribution in [-0.2, 0) is 0 Å². The van der Waals surface area contributed by atoms with Crippen LogP contribution in [0.4, 0.5) is 0 Å². The molecule has 1 N–H and O–H groups in total. The highest BCUT2D eigenvalue weighted by Gasteiger charge is 2.13. The van der Waals surface area contributed by atoms with Crippen molar-refractivity contribution in [1.82, 2.24) is 5.32 Å². The Hall–Kier alpha value is -1.26. The zero-order chi connectivity index (χ0) is 11.8. The van der Waals surface area contributed by atoms with Gasteiger partial charge in [0.2, 0.25) is 0 Å². The minimum absolute atomic E-state index is 0.430. The van der Waals surface area contributed by atoms with Crippen molar-refractivity contribution in [2.24, 2.45) is 5.92 Å². The Balaban J connectivity index is 2.57. The van der Waals surface area contributed by atoms with Crippen LogP contribution in [0, 0.1) is 17.8 Å². The van der Waals surface area contributed by atoms with E-state index in [4.69, 9.17) is 0 Å². The van der Waals surface area contributed by atoms with Gasteiger partial charge in [-0.25, -0.2) is 0 Å². The Morgan fingerprint density at radius 1 is 1.19 bits per heavy atom. The Morgan fingerprint density at radius 2 is 1.88 bits per heavy atom. The van der Waals surface area contributed by atoms with Crippen molar-refractivity contribution in [2.75, 3.05) is 6.54 Å². The number of rotatable bonds is 5. The topological polar surface area (TPSA) is 12.0 Å². The third-order valence-corrected chi connectivity index (χ3v) is 2.62. The molecular weight excluding hydrogens is 194 g/mol. The minimum Gasteiger partial charge on any atom is -0.309 e. The van der Waals surface area contributed by atoms with E-state index in [1.54, 1.807) is 0 Å². The van der Waals surface area contributed by atoms with E-state index in [0.29, 0.717) is 12.0 Å². The molecule has 0 amide bonds. The molecular formula is C15H21N. The van der Waals surface area contributed by atoms with E-state index < -0.39 is 0 Å². The largest absolute Gasteiger partial charge is 0.309 e. The Labute approximate surface area is 99.3 Å². The number of hydrogen-bond acceptors (Lipinski definition) is 1. The first kappa shape index (κ1) is 12.8. The molecule has 1 heteroatoms. The van der Waals surface area contributed by atoms with Gasteiger partial charge in [-0.3, -0.25) is 0 Å². The van der Waals surface area contributed by atoms with E-state index in [1.165, 1.54) is 5.56 Å². The molecule has 0 bridgehead atoms. The third-order valence-electron chi connectivity index (χ3n) is 2.62. The second kappa shape index (κ2) is 7.09. The van der Waals surface area contributed by atoms with E-state index in [0.717, 1.165) is 13.0 Å². The smallest absolute Gasteiger partial charge is 0.0343 e. The van der Waals surface area contributed by atoms with Crippen molar-refractivity contribution in [2.45, 2.75) is 33.2 Å². The highest BCUT2D eigenvalue weighted by molar-refractivity contribution is 5.19. The van der Waals surface area contributed by atoms with E-state index in [-0.39, 0.29) is 0 Å². The average Bonchev–Trinajstić information content (AvgIpc) is 2.30. The van der Waals surface area contributed by atoms with Crippen LogP contribution in [-0.4, -0.2) is 6.54 Å². The molecule has 0 heterocycles. The summed E-state index contributed by atoms with van der Waals surface area (Å²) in [5.41, 5.74) is 1.36. The Bertz CT molecular complexity index is 343. The first-order chi connectivity index (χ1) is 7.75. The van der Waals surface area contributed by atoms with Gasteiger partial charge in [0, 0.05) is 19.0 Å². The molecule has 0 saturated carbocycles. The van der Waals surface area contributed by atoms with Crippen LogP contribution < -0.4 is 5.32 Å². The molecule has 0 aliphatic heterocycles. The summed E-state index contributed by atoms with van der Waals surface area (Å²) in [4.78, 5) is 0. The normalized spacial score (nSPS) is 12.0. The average molecular weight is 215 g/mol. The van der Waals surface area contributed by atoms with E-state index >= 15 is 0 Å². The fourth-order valence-corrected chi connectivity index (χ4v) is 1.81. The molecule has 0 aromatic heterocycles. The van der Waals surface area contributed by atoms with Crippen LogP contribution in [0.25, 0.3) is 0 Å². The lowest BCUT2D eigenvalue weighted by Gasteiger charge is -2.22. The molecule has 0 aliphatic rings. The van der Waals surface area contributed by atoms with Crippen LogP contribution >= 0.6 is 0 Å². The molecule has 0 saturated heterocycles. The van der Waals surface area contributed by atoms with Gasteiger partial charge in [0.15, 0.2) is 0 Å². The molecule has 0 radical (unpaired) electrons. The highest BCUT2D eigenvalue weighted by atomic mass is 14.9. The maximum Gasteiger partial charge on any atom is 0.0343 e. The quantitative estimate of drug-likeness (QED) is 0.586. The van der Waals surface area contributed by atoms with E-state index in [2.05, 4.69) is 61.3 Å². The molecule has 1 rings (SSSR count). The lowest BCUT2D eigenvalue weighted by atomic mass is 9.96. The number of nitrogens with one attached hydrogen (secondary N) is 1. The molecule has 1 aromatic rings. The van der Waals surface area contributed by atoms with Gasteiger partial charge in [-0.1, -0.05) is 44.2 Å². The molecule has 16 heavy (non-hydrogen) atoms. The maximum absolute atomic E-state index is 3.57. The summed E-state index contributed by atoms with van der Waals surface area (Å²) in [6.45, 7) is 7.34. The Kier molecular flexibility index (Phi) is 5.67. The summed E-state index contributed by atoms with van der Waals surface area (Å²) in [5.74, 6) is 6.60. The van der Waals surface area contributed by atoms with Gasteiger partial charge in [-0.2, -0.15) is 0 Å². The second-order valence-corrected chi connectivity index (χ2v) is 4.26. The monoisotopic (exact) mass is 215 g/mol. The van der Waals surface area contributed by atoms with Crippen LogP contribution in [0.3, 0.4) is 0 Å². The number of hydrogen-bond donors (Lipinski definition) is 1. The van der Waals surface area contributed by atoms with Crippen LogP contribution in [0.5, 0.6) is 0 Å². The van der Waals surface area contributed by atoms with Crippen LogP contribution in [0.1, 0.15) is 38.8 Å². The van der Waals surface area contributed by atoms with Crippen LogP contribution in [0.2, 0.25) is 0 Å². The van der Waals surface area contributed by atoms with Crippen molar-refractivity contribution >= 4 is 0 Å². The zero-order valence-corrected chi connectivity index (χ0v) is 10.5. The van der Waals surface area contributed by atoms with Gasteiger partial charge in [-0.15, -0.1) is 11.8 Å². The summed E-state index contributed by atoms with van der Waals surface area (Å²) in [6.07, 6.45) is 0.923. The first-order valence-corrected chi connectivity index (χ1v) is 5.93. The lowest BCUT2D eigenvalue weighted by Crippen LogP contribution is -2.26. The predicted octanol–water partition coefficient (Wildman–Crippen LogP) is 3.39. The van der Waals surface area contributed by atoms with Crippen LogP contribution in [0.15, 0.2) is 30.3 Å². The zero-order valence-electron chi connectivity index (χ0n) is 10.5. The van der Waals surface area contributed by atoms with Gasteiger partial charge in [-0.05, 0) is 18.4 Å². The maximum atomic E-state index is 3.57. The van der Waals surface area contributed by atoms with Gasteiger partial charge in [0.25, 0.3) is 0 Å². The SMILES string of the molecule is CC#CCCNC(c1ccccc1)C(C)C. The van der Waals surface area contributed by atoms with Gasteiger partial charge >= 0.3 is 0 Å². The van der Waals surface area contributed by atoms with Crippen molar-refractivity contribution < 1.29 is 0 Å². The van der Waals surface area contributed by atoms with Gasteiger partial charge < -0.3 is 5.32 Å². The van der Waals surface area contributed by atoms with E-state index in [9.17, 15) is 0 Å².